The van der Waals surface area contributed by atoms with Crippen molar-refractivity contribution in [2.75, 3.05) is 19.6 Å². The molecule has 0 saturated carbocycles. The molecule has 2 unspecified atom stereocenters. The molecule has 0 radical (unpaired) electrons. The predicted molar refractivity (Wildman–Crippen MR) is 56.7 cm³/mol. The molecular formula is C10H14N4O2. The van der Waals surface area contributed by atoms with Crippen molar-refractivity contribution < 1.29 is 9.90 Å². The summed E-state index contributed by atoms with van der Waals surface area (Å²) in [6.45, 7) is 1.76. The molecule has 1 fully saturated rings. The Morgan fingerprint density at radius 1 is 1.56 bits per heavy atom. The molecule has 86 valence electrons. The number of carbonyl (C=O) groups is 1. The number of nitrogens with zero attached hydrogens (tertiary/aromatic N) is 2. The fraction of sp³-hybridized carbons (Fsp3) is 0.500. The Balaban J connectivity index is 1.84. The zero-order valence-corrected chi connectivity index (χ0v) is 8.76. The lowest BCUT2D eigenvalue weighted by Gasteiger charge is -2.13. The second kappa shape index (κ2) is 5.00. The number of nitrogens with one attached hydrogen (secondary N) is 2. The largest absolute Gasteiger partial charge is 0.391 e. The molecule has 16 heavy (non-hydrogen) atoms. The summed E-state index contributed by atoms with van der Waals surface area (Å²) in [6, 6.07) is 0. The van der Waals surface area contributed by atoms with Gasteiger partial charge in [-0.05, 0) is 0 Å². The van der Waals surface area contributed by atoms with Gasteiger partial charge in [-0.3, -0.25) is 9.78 Å². The lowest BCUT2D eigenvalue weighted by atomic mass is 10.1. The SMILES string of the molecule is O=C(NCC1CNCC1O)c1cnccn1. The Kier molecular flexibility index (Phi) is 3.43. The standard InChI is InChI=1S/C10H14N4O2/c15-9-6-12-3-7(9)4-14-10(16)8-5-11-1-2-13-8/h1-2,5,7,9,12,15H,3-4,6H2,(H,14,16). The zero-order valence-electron chi connectivity index (χ0n) is 8.76. The van der Waals surface area contributed by atoms with Gasteiger partial charge in [-0.25, -0.2) is 4.98 Å². The van der Waals surface area contributed by atoms with Gasteiger partial charge < -0.3 is 15.7 Å². The van der Waals surface area contributed by atoms with Crippen molar-refractivity contribution in [1.29, 1.82) is 0 Å². The molecule has 1 aromatic heterocycles. The van der Waals surface area contributed by atoms with E-state index in [1.807, 2.05) is 0 Å². The maximum atomic E-state index is 11.6. The first-order valence-electron chi connectivity index (χ1n) is 5.20. The van der Waals surface area contributed by atoms with Crippen LogP contribution in [0.2, 0.25) is 0 Å². The summed E-state index contributed by atoms with van der Waals surface area (Å²) in [4.78, 5) is 19.3. The van der Waals surface area contributed by atoms with Crippen molar-refractivity contribution in [3.8, 4) is 0 Å². The molecule has 1 saturated heterocycles. The molecule has 3 N–H and O–H groups in total. The number of aliphatic hydroxyl groups excluding tert-OH is 1. The van der Waals surface area contributed by atoms with Gasteiger partial charge in [-0.1, -0.05) is 0 Å². The summed E-state index contributed by atoms with van der Waals surface area (Å²) >= 11 is 0. The number of amides is 1. The van der Waals surface area contributed by atoms with E-state index in [1.165, 1.54) is 18.6 Å². The van der Waals surface area contributed by atoms with Crippen LogP contribution < -0.4 is 10.6 Å². The molecule has 0 aromatic carbocycles. The smallest absolute Gasteiger partial charge is 0.271 e. The molecule has 2 rings (SSSR count). The van der Waals surface area contributed by atoms with Crippen LogP contribution in [-0.4, -0.2) is 46.7 Å². The first-order chi connectivity index (χ1) is 7.77. The van der Waals surface area contributed by atoms with Gasteiger partial charge in [-0.2, -0.15) is 0 Å². The number of β-amino-alcohol motifs (C(OH)–C–C–N with tert-alkyl or cyclic N) is 1. The molecule has 6 heteroatoms. The van der Waals surface area contributed by atoms with Crippen LogP contribution in [0.4, 0.5) is 0 Å². The summed E-state index contributed by atoms with van der Waals surface area (Å²) in [5.74, 6) is -0.187. The first-order valence-corrected chi connectivity index (χ1v) is 5.20. The highest BCUT2D eigenvalue weighted by atomic mass is 16.3. The number of hydrogen-bond donors (Lipinski definition) is 3. The van der Waals surface area contributed by atoms with Gasteiger partial charge in [0.25, 0.3) is 5.91 Å². The van der Waals surface area contributed by atoms with E-state index in [9.17, 15) is 9.90 Å². The Morgan fingerprint density at radius 2 is 2.44 bits per heavy atom. The Labute approximate surface area is 93.1 Å². The van der Waals surface area contributed by atoms with Crippen LogP contribution in [-0.2, 0) is 0 Å². The Bertz CT molecular complexity index is 357. The number of rotatable bonds is 3. The van der Waals surface area contributed by atoms with E-state index in [1.54, 1.807) is 0 Å². The van der Waals surface area contributed by atoms with E-state index in [4.69, 9.17) is 0 Å². The molecule has 0 bridgehead atoms. The lowest BCUT2D eigenvalue weighted by molar-refractivity contribution is 0.0921. The van der Waals surface area contributed by atoms with Gasteiger partial charge in [0.1, 0.15) is 5.69 Å². The van der Waals surface area contributed by atoms with E-state index in [2.05, 4.69) is 20.6 Å². The van der Waals surface area contributed by atoms with Crippen LogP contribution in [0.1, 0.15) is 10.5 Å². The van der Waals surface area contributed by atoms with Crippen LogP contribution in [0.3, 0.4) is 0 Å². The molecule has 0 aliphatic carbocycles. The van der Waals surface area contributed by atoms with E-state index >= 15 is 0 Å². The minimum Gasteiger partial charge on any atom is -0.391 e. The summed E-state index contributed by atoms with van der Waals surface area (Å²) in [6.07, 6.45) is 4.02. The fourth-order valence-electron chi connectivity index (χ4n) is 1.66. The van der Waals surface area contributed by atoms with E-state index in [-0.39, 0.29) is 17.9 Å². The summed E-state index contributed by atoms with van der Waals surface area (Å²) in [5.41, 5.74) is 0.294. The van der Waals surface area contributed by atoms with Gasteiger partial charge >= 0.3 is 0 Å². The third kappa shape index (κ3) is 2.53. The second-order valence-electron chi connectivity index (χ2n) is 3.79. The van der Waals surface area contributed by atoms with Gasteiger partial charge in [0.05, 0.1) is 12.3 Å². The van der Waals surface area contributed by atoms with Crippen molar-refractivity contribution in [1.82, 2.24) is 20.6 Å². The number of aromatic nitrogens is 2. The first kappa shape index (κ1) is 11.0. The quantitative estimate of drug-likeness (QED) is 0.597. The van der Waals surface area contributed by atoms with Crippen LogP contribution >= 0.6 is 0 Å². The normalized spacial score (nSPS) is 24.3. The highest BCUT2D eigenvalue weighted by molar-refractivity contribution is 5.91. The average molecular weight is 222 g/mol. The predicted octanol–water partition coefficient (Wildman–Crippen LogP) is -1.21. The van der Waals surface area contributed by atoms with Gasteiger partial charge in [0.15, 0.2) is 0 Å². The summed E-state index contributed by atoms with van der Waals surface area (Å²) in [7, 11) is 0. The Hall–Kier alpha value is -1.53. The van der Waals surface area contributed by atoms with Gasteiger partial charge in [-0.15, -0.1) is 0 Å². The molecule has 1 aliphatic rings. The molecule has 6 nitrogen and oxygen atoms in total. The van der Waals surface area contributed by atoms with Gasteiger partial charge in [0.2, 0.25) is 0 Å². The van der Waals surface area contributed by atoms with Crippen LogP contribution in [0.5, 0.6) is 0 Å². The fourth-order valence-corrected chi connectivity index (χ4v) is 1.66. The van der Waals surface area contributed by atoms with Crippen molar-refractivity contribution in [2.45, 2.75) is 6.10 Å². The maximum Gasteiger partial charge on any atom is 0.271 e. The highest BCUT2D eigenvalue weighted by Gasteiger charge is 2.25. The number of aliphatic hydroxyl groups is 1. The van der Waals surface area contributed by atoms with Crippen LogP contribution in [0.25, 0.3) is 0 Å². The number of carbonyl (C=O) groups excluding carboxylic acids is 1. The molecule has 1 amide bonds. The van der Waals surface area contributed by atoms with E-state index in [0.717, 1.165) is 6.54 Å². The van der Waals surface area contributed by atoms with Crippen molar-refractivity contribution in [2.24, 2.45) is 5.92 Å². The zero-order chi connectivity index (χ0) is 11.4. The molecular weight excluding hydrogens is 208 g/mol. The van der Waals surface area contributed by atoms with Gasteiger partial charge in [0, 0.05) is 37.9 Å². The van der Waals surface area contributed by atoms with E-state index in [0.29, 0.717) is 18.8 Å². The maximum absolute atomic E-state index is 11.6. The summed E-state index contributed by atoms with van der Waals surface area (Å²) < 4.78 is 0. The number of hydrogen-bond acceptors (Lipinski definition) is 5. The minimum atomic E-state index is -0.387. The third-order valence-electron chi connectivity index (χ3n) is 2.62. The van der Waals surface area contributed by atoms with Crippen LogP contribution in [0.15, 0.2) is 18.6 Å². The van der Waals surface area contributed by atoms with Crippen LogP contribution in [0, 0.1) is 5.92 Å². The molecule has 2 heterocycles. The van der Waals surface area contributed by atoms with E-state index < -0.39 is 0 Å². The monoisotopic (exact) mass is 222 g/mol. The molecule has 1 aliphatic heterocycles. The molecule has 1 aromatic rings. The molecule has 0 spiro atoms. The highest BCUT2D eigenvalue weighted by Crippen LogP contribution is 2.07. The van der Waals surface area contributed by atoms with Crippen molar-refractivity contribution in [3.63, 3.8) is 0 Å². The van der Waals surface area contributed by atoms with Crippen molar-refractivity contribution >= 4 is 5.91 Å². The minimum absolute atomic E-state index is 0.0700. The third-order valence-corrected chi connectivity index (χ3v) is 2.62. The second-order valence-corrected chi connectivity index (χ2v) is 3.79. The average Bonchev–Trinajstić information content (AvgIpc) is 2.73. The molecule has 2 atom stereocenters. The topological polar surface area (TPSA) is 87.1 Å². The lowest BCUT2D eigenvalue weighted by Crippen LogP contribution is -2.34. The summed E-state index contributed by atoms with van der Waals surface area (Å²) in [5, 5.41) is 15.3. The Morgan fingerprint density at radius 3 is 3.06 bits per heavy atom. The van der Waals surface area contributed by atoms with Crippen molar-refractivity contribution in [3.05, 3.63) is 24.3 Å².